The minimum atomic E-state index is -3.57. The van der Waals surface area contributed by atoms with Crippen molar-refractivity contribution in [3.63, 3.8) is 0 Å². The molecule has 0 saturated carbocycles. The van der Waals surface area contributed by atoms with Crippen LogP contribution in [0.2, 0.25) is 0 Å². The van der Waals surface area contributed by atoms with Crippen LogP contribution in [0.1, 0.15) is 18.9 Å². The van der Waals surface area contributed by atoms with E-state index in [0.29, 0.717) is 25.2 Å². The highest BCUT2D eigenvalue weighted by atomic mass is 32.2. The summed E-state index contributed by atoms with van der Waals surface area (Å²) >= 11 is 0. The third kappa shape index (κ3) is 4.52. The standard InChI is InChI=1S/C13H23N3O3S/c1-4-7-16(9-8-15(2)3)20(18,19)13-6-5-12(11-17)10-14-13/h5-6,10,17H,4,7-9,11H2,1-3H3. The van der Waals surface area contributed by atoms with Crippen LogP contribution in [-0.4, -0.2) is 61.4 Å². The summed E-state index contributed by atoms with van der Waals surface area (Å²) in [4.78, 5) is 5.89. The van der Waals surface area contributed by atoms with E-state index in [-0.39, 0.29) is 11.6 Å². The largest absolute Gasteiger partial charge is 0.392 e. The molecule has 0 atom stereocenters. The van der Waals surface area contributed by atoms with Gasteiger partial charge in [-0.2, -0.15) is 4.31 Å². The summed E-state index contributed by atoms with van der Waals surface area (Å²) in [7, 11) is 0.246. The molecular formula is C13H23N3O3S. The monoisotopic (exact) mass is 301 g/mol. The lowest BCUT2D eigenvalue weighted by Crippen LogP contribution is -2.37. The van der Waals surface area contributed by atoms with Gasteiger partial charge in [-0.15, -0.1) is 0 Å². The molecule has 0 aliphatic rings. The molecule has 6 nitrogen and oxygen atoms in total. The summed E-state index contributed by atoms with van der Waals surface area (Å²) in [6, 6.07) is 3.02. The van der Waals surface area contributed by atoms with E-state index in [0.717, 1.165) is 6.42 Å². The Labute approximate surface area is 121 Å². The van der Waals surface area contributed by atoms with Gasteiger partial charge in [-0.1, -0.05) is 13.0 Å². The SMILES string of the molecule is CCCN(CCN(C)C)S(=O)(=O)c1ccc(CO)cn1. The number of aliphatic hydroxyl groups excluding tert-OH is 1. The molecule has 1 heterocycles. The molecule has 0 spiro atoms. The van der Waals surface area contributed by atoms with Crippen LogP contribution in [0.15, 0.2) is 23.4 Å². The molecule has 0 radical (unpaired) electrons. The number of aromatic nitrogens is 1. The van der Waals surface area contributed by atoms with Crippen LogP contribution in [0.5, 0.6) is 0 Å². The van der Waals surface area contributed by atoms with Gasteiger partial charge in [0.1, 0.15) is 0 Å². The fourth-order valence-corrected chi connectivity index (χ4v) is 3.14. The summed E-state index contributed by atoms with van der Waals surface area (Å²) in [5.41, 5.74) is 0.597. The molecule has 0 aliphatic heterocycles. The average Bonchev–Trinajstić information content (AvgIpc) is 2.43. The highest BCUT2D eigenvalue weighted by molar-refractivity contribution is 7.89. The number of likely N-dealkylation sites (N-methyl/N-ethyl adjacent to an activating group) is 1. The fraction of sp³-hybridized carbons (Fsp3) is 0.615. The minimum Gasteiger partial charge on any atom is -0.392 e. The summed E-state index contributed by atoms with van der Waals surface area (Å²) in [6.45, 7) is 3.37. The van der Waals surface area contributed by atoms with Crippen LogP contribution in [0.3, 0.4) is 0 Å². The predicted octanol–water partition coefficient (Wildman–Crippen LogP) is 0.536. The predicted molar refractivity (Wildman–Crippen MR) is 77.8 cm³/mol. The summed E-state index contributed by atoms with van der Waals surface area (Å²) in [5, 5.41) is 8.99. The molecule has 1 N–H and O–H groups in total. The summed E-state index contributed by atoms with van der Waals surface area (Å²) in [6.07, 6.45) is 2.14. The molecule has 0 amide bonds. The van der Waals surface area contributed by atoms with Crippen molar-refractivity contribution in [1.82, 2.24) is 14.2 Å². The van der Waals surface area contributed by atoms with E-state index < -0.39 is 10.0 Å². The molecule has 1 aromatic heterocycles. The number of sulfonamides is 1. The van der Waals surface area contributed by atoms with Crippen molar-refractivity contribution in [3.8, 4) is 0 Å². The normalized spacial score (nSPS) is 12.3. The Kier molecular flexibility index (Phi) is 6.54. The molecule has 0 aromatic carbocycles. The average molecular weight is 301 g/mol. The van der Waals surface area contributed by atoms with Gasteiger partial charge in [-0.3, -0.25) is 0 Å². The highest BCUT2D eigenvalue weighted by Crippen LogP contribution is 2.14. The second-order valence-electron chi connectivity index (χ2n) is 4.87. The second-order valence-corrected chi connectivity index (χ2v) is 6.75. The van der Waals surface area contributed by atoms with Crippen LogP contribution >= 0.6 is 0 Å². The Hall–Kier alpha value is -1.02. The first-order valence-electron chi connectivity index (χ1n) is 6.62. The van der Waals surface area contributed by atoms with Gasteiger partial charge >= 0.3 is 0 Å². The van der Waals surface area contributed by atoms with E-state index in [9.17, 15) is 8.42 Å². The summed E-state index contributed by atoms with van der Waals surface area (Å²) in [5.74, 6) is 0. The highest BCUT2D eigenvalue weighted by Gasteiger charge is 2.24. The molecule has 1 rings (SSSR count). The molecule has 0 unspecified atom stereocenters. The number of pyridine rings is 1. The van der Waals surface area contributed by atoms with Gasteiger partial charge in [0.25, 0.3) is 10.0 Å². The number of nitrogens with zero attached hydrogens (tertiary/aromatic N) is 3. The maximum absolute atomic E-state index is 12.5. The van der Waals surface area contributed by atoms with E-state index in [1.54, 1.807) is 6.07 Å². The molecular weight excluding hydrogens is 278 g/mol. The molecule has 20 heavy (non-hydrogen) atoms. The topological polar surface area (TPSA) is 73.7 Å². The molecule has 0 bridgehead atoms. The van der Waals surface area contributed by atoms with Gasteiger partial charge in [0, 0.05) is 25.8 Å². The second kappa shape index (κ2) is 7.68. The van der Waals surface area contributed by atoms with Crippen molar-refractivity contribution >= 4 is 10.0 Å². The Balaban J connectivity index is 2.95. The maximum Gasteiger partial charge on any atom is 0.260 e. The van der Waals surface area contributed by atoms with Crippen LogP contribution in [0.4, 0.5) is 0 Å². The van der Waals surface area contributed by atoms with Crippen LogP contribution in [0, 0.1) is 0 Å². The Bertz CT molecular complexity index is 500. The van der Waals surface area contributed by atoms with Crippen LogP contribution in [0.25, 0.3) is 0 Å². The van der Waals surface area contributed by atoms with Gasteiger partial charge in [0.2, 0.25) is 0 Å². The van der Waals surface area contributed by atoms with Gasteiger partial charge < -0.3 is 10.0 Å². The molecule has 0 fully saturated rings. The van der Waals surface area contributed by atoms with Crippen molar-refractivity contribution < 1.29 is 13.5 Å². The van der Waals surface area contributed by atoms with Crippen molar-refractivity contribution in [2.24, 2.45) is 0 Å². The first kappa shape index (κ1) is 17.0. The molecule has 7 heteroatoms. The van der Waals surface area contributed by atoms with Gasteiger partial charge in [0.15, 0.2) is 5.03 Å². The Morgan fingerprint density at radius 2 is 1.90 bits per heavy atom. The van der Waals surface area contributed by atoms with E-state index in [1.165, 1.54) is 16.6 Å². The number of hydrogen-bond donors (Lipinski definition) is 1. The van der Waals surface area contributed by atoms with Crippen molar-refractivity contribution in [2.45, 2.75) is 25.0 Å². The smallest absolute Gasteiger partial charge is 0.260 e. The zero-order chi connectivity index (χ0) is 15.2. The van der Waals surface area contributed by atoms with E-state index in [4.69, 9.17) is 5.11 Å². The third-order valence-electron chi connectivity index (χ3n) is 2.85. The first-order valence-corrected chi connectivity index (χ1v) is 8.06. The Morgan fingerprint density at radius 1 is 1.20 bits per heavy atom. The molecule has 1 aromatic rings. The molecule has 114 valence electrons. The molecule has 0 aliphatic carbocycles. The Morgan fingerprint density at radius 3 is 2.35 bits per heavy atom. The van der Waals surface area contributed by atoms with Crippen LogP contribution < -0.4 is 0 Å². The lowest BCUT2D eigenvalue weighted by atomic mass is 10.3. The number of rotatable bonds is 8. The maximum atomic E-state index is 12.5. The van der Waals surface area contributed by atoms with E-state index in [2.05, 4.69) is 4.98 Å². The third-order valence-corrected chi connectivity index (χ3v) is 4.67. The minimum absolute atomic E-state index is 0.0295. The summed E-state index contributed by atoms with van der Waals surface area (Å²) < 4.78 is 26.5. The fourth-order valence-electron chi connectivity index (χ4n) is 1.70. The van der Waals surface area contributed by atoms with Crippen LogP contribution in [-0.2, 0) is 16.6 Å². The van der Waals surface area contributed by atoms with Crippen molar-refractivity contribution in [3.05, 3.63) is 23.9 Å². The van der Waals surface area contributed by atoms with Crippen molar-refractivity contribution in [1.29, 1.82) is 0 Å². The van der Waals surface area contributed by atoms with Gasteiger partial charge in [0.05, 0.1) is 6.61 Å². The zero-order valence-corrected chi connectivity index (χ0v) is 13.1. The lowest BCUT2D eigenvalue weighted by Gasteiger charge is -2.22. The number of hydrogen-bond acceptors (Lipinski definition) is 5. The van der Waals surface area contributed by atoms with E-state index >= 15 is 0 Å². The van der Waals surface area contributed by atoms with Gasteiger partial charge in [-0.05, 0) is 32.1 Å². The first-order chi connectivity index (χ1) is 9.41. The quantitative estimate of drug-likeness (QED) is 0.758. The van der Waals surface area contributed by atoms with E-state index in [1.807, 2.05) is 25.9 Å². The van der Waals surface area contributed by atoms with Crippen molar-refractivity contribution in [2.75, 3.05) is 33.7 Å². The molecule has 0 saturated heterocycles. The zero-order valence-electron chi connectivity index (χ0n) is 12.3. The lowest BCUT2D eigenvalue weighted by molar-refractivity contribution is 0.281. The number of aliphatic hydroxyl groups is 1. The van der Waals surface area contributed by atoms with Gasteiger partial charge in [-0.25, -0.2) is 13.4 Å².